The highest BCUT2D eigenvalue weighted by molar-refractivity contribution is 5.89. The number of hydrogen-bond donors (Lipinski definition) is 1. The van der Waals surface area contributed by atoms with Gasteiger partial charge in [0.15, 0.2) is 6.19 Å². The van der Waals surface area contributed by atoms with Crippen LogP contribution >= 0.6 is 0 Å². The van der Waals surface area contributed by atoms with Crippen molar-refractivity contribution in [3.05, 3.63) is 71.5 Å². The molecule has 0 radical (unpaired) electrons. The number of rotatable bonds is 6. The van der Waals surface area contributed by atoms with Crippen LogP contribution in [0.1, 0.15) is 59.8 Å². The van der Waals surface area contributed by atoms with Crippen molar-refractivity contribution in [1.82, 2.24) is 24.9 Å². The summed E-state index contributed by atoms with van der Waals surface area (Å²) in [5.41, 5.74) is 5.71. The van der Waals surface area contributed by atoms with E-state index in [1.807, 2.05) is 27.9 Å². The number of H-pyrrole nitrogens is 1. The molecule has 4 aromatic rings. The normalized spacial score (nSPS) is 21.2. The Balaban J connectivity index is 1.25. The molecular formula is C30H32N6O2. The lowest BCUT2D eigenvalue weighted by Crippen LogP contribution is -2.41. The molecule has 1 saturated heterocycles. The van der Waals surface area contributed by atoms with Crippen molar-refractivity contribution in [3.8, 4) is 17.5 Å². The van der Waals surface area contributed by atoms with Crippen molar-refractivity contribution >= 4 is 16.9 Å². The number of nitrogens with zero attached hydrogens (tertiary/aromatic N) is 5. The fourth-order valence-electron chi connectivity index (χ4n) is 6.45. The van der Waals surface area contributed by atoms with Gasteiger partial charge < -0.3 is 14.6 Å². The van der Waals surface area contributed by atoms with Crippen LogP contribution in [0.2, 0.25) is 0 Å². The molecule has 1 aliphatic carbocycles. The maximum atomic E-state index is 11.7. The zero-order chi connectivity index (χ0) is 26.1. The summed E-state index contributed by atoms with van der Waals surface area (Å²) >= 11 is 0. The molecule has 3 unspecified atom stereocenters. The van der Waals surface area contributed by atoms with Crippen LogP contribution in [-0.2, 0) is 17.7 Å². The quantitative estimate of drug-likeness (QED) is 0.273. The monoisotopic (exact) mass is 508 g/mol. The number of hydrogen-bond acceptors (Lipinski definition) is 6. The first-order valence-electron chi connectivity index (χ1n) is 13.5. The maximum absolute atomic E-state index is 11.7. The largest absolute Gasteiger partial charge is 0.465 e. The highest BCUT2D eigenvalue weighted by Crippen LogP contribution is 2.45. The number of carbonyl (C=O) groups excluding carboxylic acids is 1. The van der Waals surface area contributed by atoms with E-state index in [4.69, 9.17) is 4.74 Å². The molecule has 194 valence electrons. The molecule has 0 bridgehead atoms. The lowest BCUT2D eigenvalue weighted by molar-refractivity contribution is 0.0600. The van der Waals surface area contributed by atoms with Crippen LogP contribution in [0, 0.1) is 23.3 Å². The predicted octanol–water partition coefficient (Wildman–Crippen LogP) is 5.49. The van der Waals surface area contributed by atoms with Gasteiger partial charge in [0.2, 0.25) is 0 Å². The molecule has 2 aromatic carbocycles. The van der Waals surface area contributed by atoms with Gasteiger partial charge >= 0.3 is 5.97 Å². The molecule has 2 aromatic heterocycles. The standard InChI is InChI=1S/C30H32N6O2/c1-38-30(37)21-12-10-20(11-13-21)27-18-36(34-33-27)15-14-25-24-8-4-5-9-26(24)32-29(25)28-16-22-6-2-3-7-23(22)17-35(28)19-31/h4-5,8-13,18,22-23,28,32H,2-3,6-7,14-17H2,1H3. The van der Waals surface area contributed by atoms with Gasteiger partial charge in [0.05, 0.1) is 24.9 Å². The van der Waals surface area contributed by atoms with E-state index in [-0.39, 0.29) is 12.0 Å². The smallest absolute Gasteiger partial charge is 0.337 e. The first-order chi connectivity index (χ1) is 18.6. The molecule has 3 heterocycles. The van der Waals surface area contributed by atoms with Crippen LogP contribution in [0.25, 0.3) is 22.2 Å². The van der Waals surface area contributed by atoms with Gasteiger partial charge in [-0.25, -0.2) is 4.79 Å². The van der Waals surface area contributed by atoms with Gasteiger partial charge in [0.25, 0.3) is 0 Å². The van der Waals surface area contributed by atoms with E-state index in [9.17, 15) is 10.1 Å². The Morgan fingerprint density at radius 1 is 1.13 bits per heavy atom. The van der Waals surface area contributed by atoms with E-state index in [2.05, 4.69) is 45.8 Å². The van der Waals surface area contributed by atoms with E-state index in [1.165, 1.54) is 49.4 Å². The van der Waals surface area contributed by atoms with Crippen LogP contribution in [-0.4, -0.2) is 44.5 Å². The number of fused-ring (bicyclic) bond motifs is 2. The Morgan fingerprint density at radius 3 is 2.71 bits per heavy atom. The van der Waals surface area contributed by atoms with Gasteiger partial charge in [0, 0.05) is 35.2 Å². The molecule has 2 aliphatic rings. The molecule has 8 nitrogen and oxygen atoms in total. The highest BCUT2D eigenvalue weighted by atomic mass is 16.5. The van der Waals surface area contributed by atoms with Crippen LogP contribution in [0.15, 0.2) is 54.7 Å². The van der Waals surface area contributed by atoms with Crippen molar-refractivity contribution < 1.29 is 9.53 Å². The summed E-state index contributed by atoms with van der Waals surface area (Å²) in [6, 6.07) is 15.7. The highest BCUT2D eigenvalue weighted by Gasteiger charge is 2.38. The van der Waals surface area contributed by atoms with Gasteiger partial charge in [0.1, 0.15) is 5.69 Å². The fraction of sp³-hybridized carbons (Fsp3) is 0.400. The SMILES string of the molecule is COC(=O)c1ccc(-c2cn(CCc3c(C4CC5CCCCC5CN4C#N)[nH]c4ccccc34)nn2)cc1. The summed E-state index contributed by atoms with van der Waals surface area (Å²) in [7, 11) is 1.37. The van der Waals surface area contributed by atoms with E-state index < -0.39 is 0 Å². The maximum Gasteiger partial charge on any atom is 0.337 e. The van der Waals surface area contributed by atoms with E-state index >= 15 is 0 Å². The number of nitrogens with one attached hydrogen (secondary N) is 1. The average Bonchev–Trinajstić information content (AvgIpc) is 3.60. The minimum atomic E-state index is -0.360. The first kappa shape index (κ1) is 24.2. The second-order valence-corrected chi connectivity index (χ2v) is 10.6. The van der Waals surface area contributed by atoms with Gasteiger partial charge in [-0.1, -0.05) is 54.8 Å². The molecule has 38 heavy (non-hydrogen) atoms. The number of ether oxygens (including phenoxy) is 1. The van der Waals surface area contributed by atoms with Gasteiger partial charge in [-0.2, -0.15) is 5.26 Å². The number of aromatic amines is 1. The number of esters is 1. The number of piperidine rings is 1. The summed E-state index contributed by atoms with van der Waals surface area (Å²) in [6.45, 7) is 1.54. The summed E-state index contributed by atoms with van der Waals surface area (Å²) in [5.74, 6) is 0.977. The van der Waals surface area contributed by atoms with Crippen molar-refractivity contribution in [2.75, 3.05) is 13.7 Å². The molecular weight excluding hydrogens is 476 g/mol. The molecule has 0 amide bonds. The summed E-state index contributed by atoms with van der Waals surface area (Å²) < 4.78 is 6.65. The Bertz CT molecular complexity index is 1480. The predicted molar refractivity (Wildman–Crippen MR) is 144 cm³/mol. The minimum Gasteiger partial charge on any atom is -0.465 e. The molecule has 0 spiro atoms. The number of likely N-dealkylation sites (tertiary alicyclic amines) is 1. The zero-order valence-corrected chi connectivity index (χ0v) is 21.6. The van der Waals surface area contributed by atoms with Crippen LogP contribution < -0.4 is 0 Å². The first-order valence-corrected chi connectivity index (χ1v) is 13.5. The summed E-state index contributed by atoms with van der Waals surface area (Å²) in [6.07, 6.45) is 11.4. The second kappa shape index (κ2) is 10.3. The molecule has 1 N–H and O–H groups in total. The van der Waals surface area contributed by atoms with E-state index in [0.29, 0.717) is 23.9 Å². The van der Waals surface area contributed by atoms with Crippen LogP contribution in [0.4, 0.5) is 0 Å². The number of aryl methyl sites for hydroxylation is 2. The number of aromatic nitrogens is 4. The Kier molecular flexibility index (Phi) is 6.59. The molecule has 1 saturated carbocycles. The Hall–Kier alpha value is -4.12. The summed E-state index contributed by atoms with van der Waals surface area (Å²) in [5, 5.41) is 20.0. The third kappa shape index (κ3) is 4.53. The van der Waals surface area contributed by atoms with Crippen molar-refractivity contribution in [2.45, 2.75) is 51.1 Å². The van der Waals surface area contributed by atoms with Gasteiger partial charge in [-0.15, -0.1) is 5.10 Å². The molecule has 8 heteroatoms. The number of carbonyl (C=O) groups is 1. The zero-order valence-electron chi connectivity index (χ0n) is 21.6. The third-order valence-corrected chi connectivity index (χ3v) is 8.44. The van der Waals surface area contributed by atoms with Gasteiger partial charge in [-0.3, -0.25) is 4.68 Å². The van der Waals surface area contributed by atoms with E-state index in [1.54, 1.807) is 12.1 Å². The topological polar surface area (TPSA) is 99.8 Å². The third-order valence-electron chi connectivity index (χ3n) is 8.44. The fourth-order valence-corrected chi connectivity index (χ4v) is 6.45. The average molecular weight is 509 g/mol. The van der Waals surface area contributed by atoms with Gasteiger partial charge in [-0.05, 0) is 54.9 Å². The van der Waals surface area contributed by atoms with Crippen LogP contribution in [0.3, 0.4) is 0 Å². The second-order valence-electron chi connectivity index (χ2n) is 10.6. The number of methoxy groups -OCH3 is 1. The number of benzene rings is 2. The number of para-hydroxylation sites is 1. The Labute approximate surface area is 222 Å². The number of nitriles is 1. The summed E-state index contributed by atoms with van der Waals surface area (Å²) in [4.78, 5) is 17.5. The Morgan fingerprint density at radius 2 is 1.92 bits per heavy atom. The van der Waals surface area contributed by atoms with Crippen molar-refractivity contribution in [1.29, 1.82) is 5.26 Å². The molecule has 2 fully saturated rings. The van der Waals surface area contributed by atoms with E-state index in [0.717, 1.165) is 36.2 Å². The van der Waals surface area contributed by atoms with Crippen molar-refractivity contribution in [2.24, 2.45) is 11.8 Å². The van der Waals surface area contributed by atoms with Crippen LogP contribution in [0.5, 0.6) is 0 Å². The lowest BCUT2D eigenvalue weighted by Gasteiger charge is -2.44. The molecule has 3 atom stereocenters. The molecule has 1 aliphatic heterocycles. The van der Waals surface area contributed by atoms with Crippen molar-refractivity contribution in [3.63, 3.8) is 0 Å². The molecule has 6 rings (SSSR count). The lowest BCUT2D eigenvalue weighted by atomic mass is 9.72. The minimum absolute atomic E-state index is 0.0846.